The van der Waals surface area contributed by atoms with Gasteiger partial charge < -0.3 is 15.1 Å². The van der Waals surface area contributed by atoms with Gasteiger partial charge in [0.1, 0.15) is 0 Å². The van der Waals surface area contributed by atoms with Crippen molar-refractivity contribution in [3.63, 3.8) is 0 Å². The molecule has 6 nitrogen and oxygen atoms in total. The molecule has 0 spiro atoms. The number of halogens is 1. The van der Waals surface area contributed by atoms with E-state index in [1.54, 1.807) is 7.05 Å². The summed E-state index contributed by atoms with van der Waals surface area (Å²) in [4.78, 5) is 17.1. The number of likely N-dealkylation sites (N-methyl/N-ethyl adjacent to an activating group) is 1. The molecule has 0 bridgehead atoms. The molecule has 152 valence electrons. The molecule has 1 aliphatic rings. The number of rotatable bonds is 4. The lowest BCUT2D eigenvalue weighted by molar-refractivity contribution is 0.239. The van der Waals surface area contributed by atoms with Gasteiger partial charge in [-0.3, -0.25) is 4.79 Å². The molecule has 2 unspecified atom stereocenters. The predicted molar refractivity (Wildman–Crippen MR) is 120 cm³/mol. The van der Waals surface area contributed by atoms with E-state index < -0.39 is 0 Å². The van der Waals surface area contributed by atoms with Gasteiger partial charge in [0.2, 0.25) is 0 Å². The summed E-state index contributed by atoms with van der Waals surface area (Å²) >= 11 is 6.05. The highest BCUT2D eigenvalue weighted by molar-refractivity contribution is 6.30. The van der Waals surface area contributed by atoms with Gasteiger partial charge in [0.25, 0.3) is 5.56 Å². The Balaban J connectivity index is 1.61. The summed E-state index contributed by atoms with van der Waals surface area (Å²) in [5, 5.41) is 10.5. The molecule has 7 heteroatoms. The second-order valence-electron chi connectivity index (χ2n) is 7.82. The molecule has 2 aromatic carbocycles. The van der Waals surface area contributed by atoms with E-state index >= 15 is 0 Å². The molecule has 0 amide bonds. The number of nitrogens with one attached hydrogen (secondary N) is 1. The van der Waals surface area contributed by atoms with Crippen molar-refractivity contribution in [3.8, 4) is 0 Å². The van der Waals surface area contributed by atoms with E-state index in [0.29, 0.717) is 5.39 Å². The number of piperidine rings is 1. The Morgan fingerprint density at radius 2 is 1.79 bits per heavy atom. The summed E-state index contributed by atoms with van der Waals surface area (Å²) in [6.45, 7) is 1.84. The molecule has 29 heavy (non-hydrogen) atoms. The zero-order chi connectivity index (χ0) is 20.5. The van der Waals surface area contributed by atoms with E-state index in [4.69, 9.17) is 11.6 Å². The molecule has 3 aromatic rings. The lowest BCUT2D eigenvalue weighted by Crippen LogP contribution is -2.56. The number of benzene rings is 2. The maximum atomic E-state index is 12.4. The van der Waals surface area contributed by atoms with Crippen LogP contribution in [-0.2, 0) is 7.05 Å². The van der Waals surface area contributed by atoms with Crippen molar-refractivity contribution in [2.24, 2.45) is 7.05 Å². The molecule has 2 atom stereocenters. The van der Waals surface area contributed by atoms with Crippen molar-refractivity contribution in [1.82, 2.24) is 14.7 Å². The van der Waals surface area contributed by atoms with E-state index in [1.165, 1.54) is 10.4 Å². The first-order chi connectivity index (χ1) is 13.9. The normalized spacial score (nSPS) is 19.7. The minimum atomic E-state index is -0.0760. The van der Waals surface area contributed by atoms with E-state index in [1.807, 2.05) is 36.4 Å². The van der Waals surface area contributed by atoms with E-state index in [9.17, 15) is 4.79 Å². The molecule has 2 heterocycles. The van der Waals surface area contributed by atoms with Crippen molar-refractivity contribution in [3.05, 3.63) is 63.9 Å². The lowest BCUT2D eigenvalue weighted by Gasteiger charge is -2.43. The summed E-state index contributed by atoms with van der Waals surface area (Å²) in [6.07, 6.45) is 0.963. The van der Waals surface area contributed by atoms with Crippen LogP contribution in [0, 0.1) is 0 Å². The number of fused-ring (bicyclic) bond motifs is 1. The molecule has 1 fully saturated rings. The fourth-order valence-corrected chi connectivity index (χ4v) is 4.22. The van der Waals surface area contributed by atoms with Crippen LogP contribution in [0.2, 0.25) is 5.02 Å². The zero-order valence-corrected chi connectivity index (χ0v) is 17.7. The quantitative estimate of drug-likeness (QED) is 0.714. The van der Waals surface area contributed by atoms with Crippen LogP contribution in [-0.4, -0.2) is 53.9 Å². The van der Waals surface area contributed by atoms with Crippen LogP contribution in [0.1, 0.15) is 6.42 Å². The summed E-state index contributed by atoms with van der Waals surface area (Å²) in [6, 6.07) is 16.2. The summed E-state index contributed by atoms with van der Waals surface area (Å²) in [5.74, 6) is 0.763. The highest BCUT2D eigenvalue weighted by Crippen LogP contribution is 2.27. The molecule has 1 aliphatic heterocycles. The average Bonchev–Trinajstić information content (AvgIpc) is 2.72. The van der Waals surface area contributed by atoms with Gasteiger partial charge in [0.15, 0.2) is 5.82 Å². The highest BCUT2D eigenvalue weighted by Gasteiger charge is 2.31. The number of nitrogens with zero attached hydrogens (tertiary/aromatic N) is 4. The third kappa shape index (κ3) is 3.95. The molecule has 1 saturated heterocycles. The lowest BCUT2D eigenvalue weighted by atomic mass is 9.97. The zero-order valence-electron chi connectivity index (χ0n) is 17.0. The Morgan fingerprint density at radius 1 is 1.10 bits per heavy atom. The van der Waals surface area contributed by atoms with Crippen LogP contribution in [0.3, 0.4) is 0 Å². The monoisotopic (exact) mass is 411 g/mol. The van der Waals surface area contributed by atoms with Gasteiger partial charge in [0.05, 0.1) is 5.39 Å². The van der Waals surface area contributed by atoms with Crippen LogP contribution in [0.25, 0.3) is 10.8 Å². The van der Waals surface area contributed by atoms with Crippen LogP contribution in [0.5, 0.6) is 0 Å². The third-order valence-electron chi connectivity index (χ3n) is 5.72. The fourth-order valence-electron chi connectivity index (χ4n) is 4.09. The van der Waals surface area contributed by atoms with Crippen LogP contribution in [0.15, 0.2) is 53.3 Å². The Kier molecular flexibility index (Phi) is 5.48. The minimum Gasteiger partial charge on any atom is -0.370 e. The van der Waals surface area contributed by atoms with Gasteiger partial charge in [0, 0.05) is 48.3 Å². The molecule has 0 saturated carbocycles. The number of hydrogen-bond acceptors (Lipinski definition) is 5. The van der Waals surface area contributed by atoms with Crippen molar-refractivity contribution in [2.45, 2.75) is 18.5 Å². The van der Waals surface area contributed by atoms with Gasteiger partial charge in [-0.2, -0.15) is 5.10 Å². The Labute approximate surface area is 175 Å². The maximum absolute atomic E-state index is 12.4. The fraction of sp³-hybridized carbons (Fsp3) is 0.364. The Hall–Kier alpha value is -2.57. The van der Waals surface area contributed by atoms with E-state index in [2.05, 4.69) is 46.4 Å². The third-order valence-corrected chi connectivity index (χ3v) is 5.97. The topological polar surface area (TPSA) is 53.4 Å². The van der Waals surface area contributed by atoms with Crippen LogP contribution >= 0.6 is 11.6 Å². The van der Waals surface area contributed by atoms with E-state index in [0.717, 1.165) is 35.7 Å². The smallest absolute Gasteiger partial charge is 0.274 e. The van der Waals surface area contributed by atoms with Gasteiger partial charge in [-0.25, -0.2) is 4.68 Å². The minimum absolute atomic E-state index is 0.0760. The Bertz CT molecular complexity index is 1060. The molecular formula is C22H26ClN5O. The highest BCUT2D eigenvalue weighted by atomic mass is 35.5. The summed E-state index contributed by atoms with van der Waals surface area (Å²) < 4.78 is 1.41. The second-order valence-corrected chi connectivity index (χ2v) is 8.25. The van der Waals surface area contributed by atoms with Crippen molar-refractivity contribution in [2.75, 3.05) is 37.4 Å². The standard InChI is InChI=1S/C22H26ClN5O/c1-26(2)20-14-28(16-10-8-15(23)9-11-16)13-12-19(20)24-21-17-6-4-5-7-18(17)22(29)27(3)25-21/h4-11,19-20H,12-14H2,1-3H3,(H,24,25). The SMILES string of the molecule is CN(C)C1CN(c2ccc(Cl)cc2)CCC1Nc1nn(C)c(=O)c2ccccc12. The molecular weight excluding hydrogens is 386 g/mol. The summed E-state index contributed by atoms with van der Waals surface area (Å²) in [5.41, 5.74) is 1.11. The van der Waals surface area contributed by atoms with Crippen LogP contribution < -0.4 is 15.8 Å². The number of aromatic nitrogens is 2. The predicted octanol–water partition coefficient (Wildman–Crippen LogP) is 3.21. The van der Waals surface area contributed by atoms with Gasteiger partial charge in [-0.15, -0.1) is 0 Å². The van der Waals surface area contributed by atoms with Gasteiger partial charge >= 0.3 is 0 Å². The molecule has 0 radical (unpaired) electrons. The Morgan fingerprint density at radius 3 is 2.48 bits per heavy atom. The largest absolute Gasteiger partial charge is 0.370 e. The van der Waals surface area contributed by atoms with Crippen molar-refractivity contribution >= 4 is 33.9 Å². The number of aryl methyl sites for hydroxylation is 1. The van der Waals surface area contributed by atoms with E-state index in [-0.39, 0.29) is 17.6 Å². The average molecular weight is 412 g/mol. The molecule has 4 rings (SSSR count). The van der Waals surface area contributed by atoms with Gasteiger partial charge in [-0.1, -0.05) is 29.8 Å². The summed E-state index contributed by atoms with van der Waals surface area (Å²) in [7, 11) is 5.92. The second kappa shape index (κ2) is 8.05. The van der Waals surface area contributed by atoms with Gasteiger partial charge in [-0.05, 0) is 50.8 Å². The van der Waals surface area contributed by atoms with Crippen molar-refractivity contribution in [1.29, 1.82) is 0 Å². The van der Waals surface area contributed by atoms with Crippen molar-refractivity contribution < 1.29 is 0 Å². The molecule has 1 N–H and O–H groups in total. The maximum Gasteiger partial charge on any atom is 0.274 e. The van der Waals surface area contributed by atoms with Crippen LogP contribution in [0.4, 0.5) is 11.5 Å². The first-order valence-corrected chi connectivity index (χ1v) is 10.2. The number of hydrogen-bond donors (Lipinski definition) is 1. The molecule has 0 aliphatic carbocycles. The first kappa shape index (κ1) is 19.7. The number of anilines is 2. The first-order valence-electron chi connectivity index (χ1n) is 9.83. The molecule has 1 aromatic heterocycles.